The van der Waals surface area contributed by atoms with Crippen LogP contribution in [0.4, 0.5) is 0 Å². The van der Waals surface area contributed by atoms with Crippen LogP contribution in [0.1, 0.15) is 51.8 Å². The largest absolute Gasteiger partial charge is 0.454 e. The predicted molar refractivity (Wildman–Crippen MR) is 92.0 cm³/mol. The van der Waals surface area contributed by atoms with Gasteiger partial charge in [-0.1, -0.05) is 30.3 Å². The summed E-state index contributed by atoms with van der Waals surface area (Å²) in [6.45, 7) is 5.26. The number of benzene rings is 2. The van der Waals surface area contributed by atoms with Crippen molar-refractivity contribution >= 4 is 11.9 Å². The molecule has 1 atom stereocenters. The number of carbonyl (C=O) groups is 2. The van der Waals surface area contributed by atoms with Crippen molar-refractivity contribution in [3.8, 4) is 0 Å². The summed E-state index contributed by atoms with van der Waals surface area (Å²) in [5.41, 5.74) is 3.02. The Balaban J connectivity index is 1.92. The second-order valence-corrected chi connectivity index (χ2v) is 5.86. The highest BCUT2D eigenvalue weighted by atomic mass is 16.5. The van der Waals surface area contributed by atoms with Gasteiger partial charge in [-0.3, -0.25) is 4.79 Å². The lowest BCUT2D eigenvalue weighted by Gasteiger charge is -2.26. The first kappa shape index (κ1) is 16.2. The summed E-state index contributed by atoms with van der Waals surface area (Å²) in [6.07, 6.45) is 0.287. The van der Waals surface area contributed by atoms with Crippen molar-refractivity contribution in [1.29, 1.82) is 0 Å². The van der Waals surface area contributed by atoms with Crippen LogP contribution in [-0.4, -0.2) is 29.9 Å². The van der Waals surface area contributed by atoms with E-state index in [0.717, 1.165) is 11.1 Å². The van der Waals surface area contributed by atoms with Gasteiger partial charge in [0.25, 0.3) is 5.91 Å². The summed E-state index contributed by atoms with van der Waals surface area (Å²) in [7, 11) is 0. The molecule has 0 radical (unpaired) electrons. The number of hydrogen-bond acceptors (Lipinski definition) is 3. The predicted octanol–water partition coefficient (Wildman–Crippen LogP) is 3.62. The van der Waals surface area contributed by atoms with E-state index in [4.69, 9.17) is 4.74 Å². The van der Waals surface area contributed by atoms with Gasteiger partial charge in [0.15, 0.2) is 0 Å². The van der Waals surface area contributed by atoms with Gasteiger partial charge in [0, 0.05) is 25.1 Å². The van der Waals surface area contributed by atoms with E-state index in [1.54, 1.807) is 17.0 Å². The number of carbonyl (C=O) groups excluding carboxylic acids is 2. The molecule has 3 rings (SSSR count). The summed E-state index contributed by atoms with van der Waals surface area (Å²) in [4.78, 5) is 26.6. The molecule has 4 heteroatoms. The summed E-state index contributed by atoms with van der Waals surface area (Å²) < 4.78 is 5.55. The zero-order valence-corrected chi connectivity index (χ0v) is 14.0. The minimum Gasteiger partial charge on any atom is -0.454 e. The first-order valence-electron chi connectivity index (χ1n) is 8.32. The molecule has 2 aromatic carbocycles. The van der Waals surface area contributed by atoms with Crippen molar-refractivity contribution in [2.24, 2.45) is 0 Å². The molecule has 0 bridgehead atoms. The maximum Gasteiger partial charge on any atom is 0.339 e. The quantitative estimate of drug-likeness (QED) is 0.807. The van der Waals surface area contributed by atoms with Gasteiger partial charge in [-0.2, -0.15) is 0 Å². The summed E-state index contributed by atoms with van der Waals surface area (Å²) in [6, 6.07) is 15.0. The molecule has 2 aromatic rings. The van der Waals surface area contributed by atoms with Crippen molar-refractivity contribution < 1.29 is 14.3 Å². The van der Waals surface area contributed by atoms with E-state index in [1.165, 1.54) is 0 Å². The Kier molecular flexibility index (Phi) is 4.65. The van der Waals surface area contributed by atoms with Crippen LogP contribution in [0.5, 0.6) is 0 Å². The fourth-order valence-electron chi connectivity index (χ4n) is 3.08. The van der Waals surface area contributed by atoms with Crippen LogP contribution in [0.2, 0.25) is 0 Å². The van der Waals surface area contributed by atoms with Gasteiger partial charge in [0.05, 0.1) is 5.56 Å². The first-order chi connectivity index (χ1) is 11.6. The van der Waals surface area contributed by atoms with E-state index in [2.05, 4.69) is 0 Å². The van der Waals surface area contributed by atoms with Crippen molar-refractivity contribution in [2.75, 3.05) is 13.1 Å². The molecular weight excluding hydrogens is 302 g/mol. The SMILES string of the molecule is CCN(CC)C(=O)c1ccc2c(c1)C[C@H](c1ccccc1)OC2=O. The Hall–Kier alpha value is -2.62. The number of rotatable bonds is 4. The van der Waals surface area contributed by atoms with Gasteiger partial charge < -0.3 is 9.64 Å². The summed E-state index contributed by atoms with van der Waals surface area (Å²) >= 11 is 0. The monoisotopic (exact) mass is 323 g/mol. The molecular formula is C20H21NO3. The highest BCUT2D eigenvalue weighted by molar-refractivity contribution is 5.97. The second-order valence-electron chi connectivity index (χ2n) is 5.86. The Bertz CT molecular complexity index is 751. The fourth-order valence-corrected chi connectivity index (χ4v) is 3.08. The highest BCUT2D eigenvalue weighted by Crippen LogP contribution is 2.31. The third kappa shape index (κ3) is 3.04. The normalized spacial score (nSPS) is 16.2. The van der Waals surface area contributed by atoms with Crippen LogP contribution >= 0.6 is 0 Å². The van der Waals surface area contributed by atoms with E-state index >= 15 is 0 Å². The fraction of sp³-hybridized carbons (Fsp3) is 0.300. The smallest absolute Gasteiger partial charge is 0.339 e. The Morgan fingerprint density at radius 3 is 2.50 bits per heavy atom. The lowest BCUT2D eigenvalue weighted by Crippen LogP contribution is -2.31. The molecule has 1 heterocycles. The lowest BCUT2D eigenvalue weighted by atomic mass is 9.93. The Labute approximate surface area is 142 Å². The number of ether oxygens (including phenoxy) is 1. The molecule has 0 N–H and O–H groups in total. The zero-order valence-electron chi connectivity index (χ0n) is 14.0. The van der Waals surface area contributed by atoms with Crippen LogP contribution in [0.3, 0.4) is 0 Å². The van der Waals surface area contributed by atoms with E-state index in [-0.39, 0.29) is 18.0 Å². The van der Waals surface area contributed by atoms with Gasteiger partial charge in [-0.15, -0.1) is 0 Å². The molecule has 0 saturated heterocycles. The number of nitrogens with zero attached hydrogens (tertiary/aromatic N) is 1. The van der Waals surface area contributed by atoms with Gasteiger partial charge in [-0.25, -0.2) is 4.79 Å². The number of esters is 1. The average molecular weight is 323 g/mol. The van der Waals surface area contributed by atoms with Crippen LogP contribution in [0.15, 0.2) is 48.5 Å². The average Bonchev–Trinajstić information content (AvgIpc) is 2.63. The van der Waals surface area contributed by atoms with Crippen LogP contribution in [0.25, 0.3) is 0 Å². The second kappa shape index (κ2) is 6.87. The number of fused-ring (bicyclic) bond motifs is 1. The molecule has 1 amide bonds. The summed E-state index contributed by atoms with van der Waals surface area (Å²) in [5.74, 6) is -0.329. The maximum atomic E-state index is 12.5. The zero-order chi connectivity index (χ0) is 17.1. The molecule has 0 spiro atoms. The first-order valence-corrected chi connectivity index (χ1v) is 8.32. The van der Waals surface area contributed by atoms with Crippen LogP contribution < -0.4 is 0 Å². The number of hydrogen-bond donors (Lipinski definition) is 0. The molecule has 24 heavy (non-hydrogen) atoms. The molecule has 0 fully saturated rings. The molecule has 0 aliphatic carbocycles. The molecule has 0 unspecified atom stereocenters. The highest BCUT2D eigenvalue weighted by Gasteiger charge is 2.28. The van der Waals surface area contributed by atoms with E-state index < -0.39 is 0 Å². The van der Waals surface area contributed by atoms with Gasteiger partial charge in [-0.05, 0) is 43.2 Å². The summed E-state index contributed by atoms with van der Waals surface area (Å²) in [5, 5.41) is 0. The van der Waals surface area contributed by atoms with Crippen molar-refractivity contribution in [2.45, 2.75) is 26.4 Å². The Morgan fingerprint density at radius 2 is 1.83 bits per heavy atom. The van der Waals surface area contributed by atoms with Crippen molar-refractivity contribution in [3.63, 3.8) is 0 Å². The standard InChI is InChI=1S/C20H21NO3/c1-3-21(4-2)19(22)15-10-11-17-16(12-15)13-18(24-20(17)23)14-8-6-5-7-9-14/h5-12,18H,3-4,13H2,1-2H3/t18-/m1/s1. The molecule has 124 valence electrons. The number of cyclic esters (lactones) is 1. The molecule has 0 aromatic heterocycles. The van der Waals surface area contributed by atoms with Gasteiger partial charge in [0.2, 0.25) is 0 Å². The molecule has 1 aliphatic rings. The minimum atomic E-state index is -0.327. The molecule has 1 aliphatic heterocycles. The van der Waals surface area contributed by atoms with Gasteiger partial charge >= 0.3 is 5.97 Å². The van der Waals surface area contributed by atoms with Crippen LogP contribution in [-0.2, 0) is 11.2 Å². The maximum absolute atomic E-state index is 12.5. The Morgan fingerprint density at radius 1 is 1.12 bits per heavy atom. The lowest BCUT2D eigenvalue weighted by molar-refractivity contribution is 0.0252. The number of amides is 1. The van der Waals surface area contributed by atoms with E-state index in [0.29, 0.717) is 30.6 Å². The third-order valence-electron chi connectivity index (χ3n) is 4.45. The van der Waals surface area contributed by atoms with Crippen molar-refractivity contribution in [1.82, 2.24) is 4.90 Å². The van der Waals surface area contributed by atoms with Crippen molar-refractivity contribution in [3.05, 3.63) is 70.8 Å². The third-order valence-corrected chi connectivity index (χ3v) is 4.45. The molecule has 0 saturated carbocycles. The van der Waals surface area contributed by atoms with Crippen LogP contribution in [0, 0.1) is 0 Å². The van der Waals surface area contributed by atoms with E-state index in [1.807, 2.05) is 50.2 Å². The van der Waals surface area contributed by atoms with Gasteiger partial charge in [0.1, 0.15) is 6.10 Å². The minimum absolute atomic E-state index is 0.00185. The van der Waals surface area contributed by atoms with E-state index in [9.17, 15) is 9.59 Å². The topological polar surface area (TPSA) is 46.6 Å². The molecule has 4 nitrogen and oxygen atoms in total.